The number of sulfonamides is 1. The van der Waals surface area contributed by atoms with E-state index in [1.807, 2.05) is 35.7 Å². The fourth-order valence-electron chi connectivity index (χ4n) is 3.24. The quantitative estimate of drug-likeness (QED) is 0.530. The van der Waals surface area contributed by atoms with Gasteiger partial charge in [-0.2, -0.15) is 9.98 Å². The minimum absolute atomic E-state index is 0.0914. The van der Waals surface area contributed by atoms with Gasteiger partial charge in [0.25, 0.3) is 0 Å². The fourth-order valence-corrected chi connectivity index (χ4v) is 5.41. The minimum atomic E-state index is -3.94. The minimum Gasteiger partial charge on any atom is -0.342 e. The largest absolute Gasteiger partial charge is 0.342 e. The molecule has 31 heavy (non-hydrogen) atoms. The lowest BCUT2D eigenvalue weighted by molar-refractivity contribution is -0.122. The van der Waals surface area contributed by atoms with Crippen molar-refractivity contribution in [1.82, 2.24) is 10.0 Å². The van der Waals surface area contributed by atoms with Gasteiger partial charge >= 0.3 is 0 Å². The summed E-state index contributed by atoms with van der Waals surface area (Å²) in [4.78, 5) is 12.8. The Morgan fingerprint density at radius 1 is 1.13 bits per heavy atom. The van der Waals surface area contributed by atoms with Crippen molar-refractivity contribution < 1.29 is 13.2 Å². The molecule has 1 unspecified atom stereocenters. The summed E-state index contributed by atoms with van der Waals surface area (Å²) in [6.07, 6.45) is 0.181. The molecule has 0 bridgehead atoms. The topological polar surface area (TPSA) is 99.1 Å². The van der Waals surface area contributed by atoms with Crippen molar-refractivity contribution in [3.05, 3.63) is 65.0 Å². The average Bonchev–Trinajstić information content (AvgIpc) is 3.14. The molecule has 1 aromatic heterocycles. The molecule has 0 fully saturated rings. The van der Waals surface area contributed by atoms with E-state index < -0.39 is 22.0 Å². The molecule has 1 heterocycles. The number of carbonyl (C=O) groups is 1. The van der Waals surface area contributed by atoms with Crippen LogP contribution in [0.5, 0.6) is 0 Å². The SMILES string of the molecule is CC(C)(C)c1ccc(S(=O)(=O)NC(Cc2csc3ccccc23)C(=O)NCC#N)cc1. The van der Waals surface area contributed by atoms with Crippen molar-refractivity contribution in [1.29, 1.82) is 5.26 Å². The molecule has 0 aliphatic rings. The third kappa shape index (κ3) is 5.50. The van der Waals surface area contributed by atoms with Crippen LogP contribution in [0.2, 0.25) is 0 Å². The summed E-state index contributed by atoms with van der Waals surface area (Å²) in [5.74, 6) is -0.535. The highest BCUT2D eigenvalue weighted by Crippen LogP contribution is 2.27. The van der Waals surface area contributed by atoms with Gasteiger partial charge in [-0.1, -0.05) is 51.1 Å². The van der Waals surface area contributed by atoms with Crippen molar-refractivity contribution in [3.63, 3.8) is 0 Å². The Labute approximate surface area is 187 Å². The number of hydrogen-bond acceptors (Lipinski definition) is 5. The Bertz CT molecular complexity index is 1220. The van der Waals surface area contributed by atoms with E-state index in [0.29, 0.717) is 0 Å². The van der Waals surface area contributed by atoms with E-state index in [1.165, 1.54) is 0 Å². The second-order valence-corrected chi connectivity index (χ2v) is 10.9. The summed E-state index contributed by atoms with van der Waals surface area (Å²) in [5, 5.41) is 14.2. The zero-order valence-corrected chi connectivity index (χ0v) is 19.3. The van der Waals surface area contributed by atoms with Gasteiger partial charge in [-0.3, -0.25) is 4.79 Å². The van der Waals surface area contributed by atoms with Gasteiger partial charge < -0.3 is 5.32 Å². The third-order valence-electron chi connectivity index (χ3n) is 4.97. The van der Waals surface area contributed by atoms with Crippen molar-refractivity contribution >= 4 is 37.4 Å². The van der Waals surface area contributed by atoms with Gasteiger partial charge in [-0.25, -0.2) is 8.42 Å². The molecule has 6 nitrogen and oxygen atoms in total. The van der Waals surface area contributed by atoms with E-state index >= 15 is 0 Å². The standard InChI is InChI=1S/C23H25N3O3S2/c1-23(2,3)17-8-10-18(11-9-17)31(28,29)26-20(22(27)25-13-12-24)14-16-15-30-21-7-5-4-6-19(16)21/h4-11,15,20,26H,13-14H2,1-3H3,(H,25,27). The van der Waals surface area contributed by atoms with Crippen LogP contribution in [0.15, 0.2) is 58.8 Å². The van der Waals surface area contributed by atoms with Crippen LogP contribution in [0.25, 0.3) is 10.1 Å². The predicted octanol–water partition coefficient (Wildman–Crippen LogP) is 3.73. The van der Waals surface area contributed by atoms with Gasteiger partial charge in [-0.05, 0) is 51.9 Å². The zero-order valence-electron chi connectivity index (χ0n) is 17.7. The van der Waals surface area contributed by atoms with Crippen LogP contribution in [-0.4, -0.2) is 26.9 Å². The highest BCUT2D eigenvalue weighted by molar-refractivity contribution is 7.89. The molecular weight excluding hydrogens is 430 g/mol. The highest BCUT2D eigenvalue weighted by atomic mass is 32.2. The Morgan fingerprint density at radius 3 is 2.45 bits per heavy atom. The first-order valence-electron chi connectivity index (χ1n) is 9.84. The number of carbonyl (C=O) groups excluding carboxylic acids is 1. The molecule has 1 atom stereocenters. The number of hydrogen-bond donors (Lipinski definition) is 2. The first-order valence-corrected chi connectivity index (χ1v) is 12.2. The molecule has 3 rings (SSSR count). The summed E-state index contributed by atoms with van der Waals surface area (Å²) in [6.45, 7) is 5.96. The average molecular weight is 456 g/mol. The lowest BCUT2D eigenvalue weighted by atomic mass is 9.87. The normalized spacial score (nSPS) is 13.0. The molecule has 0 radical (unpaired) electrons. The number of nitrogens with one attached hydrogen (secondary N) is 2. The fraction of sp³-hybridized carbons (Fsp3) is 0.304. The molecule has 2 N–H and O–H groups in total. The molecule has 0 aliphatic heterocycles. The van der Waals surface area contributed by atoms with Crippen LogP contribution in [0.3, 0.4) is 0 Å². The molecule has 0 spiro atoms. The van der Waals surface area contributed by atoms with Gasteiger partial charge in [0.05, 0.1) is 11.0 Å². The summed E-state index contributed by atoms with van der Waals surface area (Å²) < 4.78 is 29.6. The molecule has 2 aromatic carbocycles. The van der Waals surface area contributed by atoms with E-state index in [0.717, 1.165) is 21.2 Å². The van der Waals surface area contributed by atoms with Crippen LogP contribution in [0.1, 0.15) is 31.9 Å². The Kier molecular flexibility index (Phi) is 6.80. The number of fused-ring (bicyclic) bond motifs is 1. The maximum Gasteiger partial charge on any atom is 0.241 e. The first-order chi connectivity index (χ1) is 14.6. The molecule has 8 heteroatoms. The van der Waals surface area contributed by atoms with Crippen LogP contribution in [0.4, 0.5) is 0 Å². The van der Waals surface area contributed by atoms with Gasteiger partial charge in [-0.15, -0.1) is 11.3 Å². The van der Waals surface area contributed by atoms with E-state index in [9.17, 15) is 13.2 Å². The van der Waals surface area contributed by atoms with E-state index in [1.54, 1.807) is 35.6 Å². The molecule has 3 aromatic rings. The zero-order chi connectivity index (χ0) is 22.6. The molecule has 0 saturated heterocycles. The number of thiophene rings is 1. The summed E-state index contributed by atoms with van der Waals surface area (Å²) in [6, 6.07) is 15.2. The maximum absolute atomic E-state index is 13.0. The van der Waals surface area contributed by atoms with Crippen molar-refractivity contribution in [2.45, 2.75) is 43.5 Å². The Hall–Kier alpha value is -2.73. The second-order valence-electron chi connectivity index (χ2n) is 8.29. The van der Waals surface area contributed by atoms with Crippen LogP contribution in [0, 0.1) is 11.3 Å². The van der Waals surface area contributed by atoms with Crippen LogP contribution < -0.4 is 10.0 Å². The smallest absolute Gasteiger partial charge is 0.241 e. The Balaban J connectivity index is 1.88. The lowest BCUT2D eigenvalue weighted by Gasteiger charge is -2.20. The van der Waals surface area contributed by atoms with Crippen molar-refractivity contribution in [2.75, 3.05) is 6.54 Å². The number of nitrogens with zero attached hydrogens (tertiary/aromatic N) is 1. The molecule has 0 aliphatic carbocycles. The number of amides is 1. The van der Waals surface area contributed by atoms with Crippen LogP contribution >= 0.6 is 11.3 Å². The maximum atomic E-state index is 13.0. The third-order valence-corrected chi connectivity index (χ3v) is 7.47. The molecule has 0 saturated carbocycles. The summed E-state index contributed by atoms with van der Waals surface area (Å²) >= 11 is 1.54. The van der Waals surface area contributed by atoms with E-state index in [4.69, 9.17) is 5.26 Å². The van der Waals surface area contributed by atoms with Gasteiger partial charge in [0, 0.05) is 4.70 Å². The van der Waals surface area contributed by atoms with Gasteiger partial charge in [0.1, 0.15) is 12.6 Å². The molecule has 162 valence electrons. The summed E-state index contributed by atoms with van der Waals surface area (Å²) in [7, 11) is -3.94. The van der Waals surface area contributed by atoms with E-state index in [-0.39, 0.29) is 23.3 Å². The summed E-state index contributed by atoms with van der Waals surface area (Å²) in [5.41, 5.74) is 1.79. The molecular formula is C23H25N3O3S2. The first kappa shape index (κ1) is 22.9. The predicted molar refractivity (Wildman–Crippen MR) is 123 cm³/mol. The van der Waals surface area contributed by atoms with Crippen molar-refractivity contribution in [2.24, 2.45) is 0 Å². The highest BCUT2D eigenvalue weighted by Gasteiger charge is 2.27. The Morgan fingerprint density at radius 2 is 1.81 bits per heavy atom. The number of benzene rings is 2. The molecule has 1 amide bonds. The van der Waals surface area contributed by atoms with Crippen LogP contribution in [-0.2, 0) is 26.7 Å². The van der Waals surface area contributed by atoms with E-state index in [2.05, 4.69) is 30.8 Å². The van der Waals surface area contributed by atoms with Gasteiger partial charge in [0.15, 0.2) is 0 Å². The number of rotatable bonds is 7. The van der Waals surface area contributed by atoms with Gasteiger partial charge in [0.2, 0.25) is 15.9 Å². The van der Waals surface area contributed by atoms with Crippen molar-refractivity contribution in [3.8, 4) is 6.07 Å². The lowest BCUT2D eigenvalue weighted by Crippen LogP contribution is -2.48. The number of nitriles is 1. The second kappa shape index (κ2) is 9.18. The monoisotopic (exact) mass is 455 g/mol.